The third-order valence-electron chi connectivity index (χ3n) is 6.73. The molecule has 0 saturated carbocycles. The van der Waals surface area contributed by atoms with Crippen LogP contribution in [0.1, 0.15) is 11.9 Å². The van der Waals surface area contributed by atoms with E-state index >= 15 is 0 Å². The summed E-state index contributed by atoms with van der Waals surface area (Å²) < 4.78 is 12.6. The standard InChI is InChI=1S/C28H18N6O2/c1-2-8-18-15(6-1)12-20(31-18)24-17(28-35-22-10-3-4-11-23(22)36-28)13-21-27(30-14-29-21)25(24)16-7-5-9-19-26(16)33-34-32-19/h1-14,28,31H,(H,29,30)(H,32,33,34). The van der Waals surface area contributed by atoms with Crippen LogP contribution in [-0.2, 0) is 0 Å². The molecule has 0 saturated heterocycles. The number of fused-ring (bicyclic) bond motifs is 4. The van der Waals surface area contributed by atoms with Crippen LogP contribution in [0.5, 0.6) is 11.5 Å². The molecule has 7 aromatic rings. The van der Waals surface area contributed by atoms with Gasteiger partial charge in [-0.25, -0.2) is 4.98 Å². The maximum Gasteiger partial charge on any atom is 0.268 e. The molecule has 0 aliphatic carbocycles. The van der Waals surface area contributed by atoms with Gasteiger partial charge in [0.1, 0.15) is 11.0 Å². The van der Waals surface area contributed by atoms with Gasteiger partial charge in [-0.05, 0) is 36.4 Å². The zero-order valence-electron chi connectivity index (χ0n) is 18.8. The lowest BCUT2D eigenvalue weighted by Crippen LogP contribution is -2.11. The quantitative estimate of drug-likeness (QED) is 0.289. The fraction of sp³-hybridized carbons (Fsp3) is 0.0357. The first-order valence-corrected chi connectivity index (χ1v) is 11.6. The molecule has 8 nitrogen and oxygen atoms in total. The lowest BCUT2D eigenvalue weighted by Gasteiger charge is -2.19. The number of nitrogens with zero attached hydrogens (tertiary/aromatic N) is 3. The monoisotopic (exact) mass is 470 g/mol. The van der Waals surface area contributed by atoms with E-state index in [1.807, 2.05) is 48.5 Å². The SMILES string of the molecule is c1ccc2c(c1)OC(c1cc3[nH]cnc3c(-c3cccc4n[nH]nc34)c1-c1cc3ccccc3[nH]1)O2. The van der Waals surface area contributed by atoms with E-state index in [2.05, 4.69) is 55.7 Å². The van der Waals surface area contributed by atoms with Crippen LogP contribution in [0.25, 0.3) is 55.4 Å². The molecule has 3 N–H and O–H groups in total. The molecule has 0 radical (unpaired) electrons. The summed E-state index contributed by atoms with van der Waals surface area (Å²) in [4.78, 5) is 11.6. The van der Waals surface area contributed by atoms with Gasteiger partial charge in [-0.2, -0.15) is 15.4 Å². The second-order valence-electron chi connectivity index (χ2n) is 8.80. The predicted octanol–water partition coefficient (Wildman–Crippen LogP) is 6.12. The molecule has 0 amide bonds. The van der Waals surface area contributed by atoms with Crippen molar-refractivity contribution in [1.82, 2.24) is 30.4 Å². The molecule has 172 valence electrons. The van der Waals surface area contributed by atoms with E-state index < -0.39 is 6.29 Å². The van der Waals surface area contributed by atoms with Crippen LogP contribution >= 0.6 is 0 Å². The lowest BCUT2D eigenvalue weighted by atomic mass is 9.90. The largest absolute Gasteiger partial charge is 0.447 e. The van der Waals surface area contributed by atoms with Gasteiger partial charge in [0.25, 0.3) is 6.29 Å². The number of hydrogen-bond acceptors (Lipinski definition) is 5. The van der Waals surface area contributed by atoms with E-state index in [1.165, 1.54) is 0 Å². The van der Waals surface area contributed by atoms with Crippen LogP contribution in [0, 0.1) is 0 Å². The highest BCUT2D eigenvalue weighted by atomic mass is 16.7. The van der Waals surface area contributed by atoms with Crippen molar-refractivity contribution in [3.63, 3.8) is 0 Å². The van der Waals surface area contributed by atoms with Crippen LogP contribution in [0.4, 0.5) is 0 Å². The number of imidazole rings is 1. The molecule has 8 rings (SSSR count). The second-order valence-corrected chi connectivity index (χ2v) is 8.80. The number of aromatic amines is 3. The highest BCUT2D eigenvalue weighted by Crippen LogP contribution is 2.48. The van der Waals surface area contributed by atoms with Gasteiger partial charge in [-0.1, -0.05) is 42.5 Å². The molecule has 0 atom stereocenters. The maximum atomic E-state index is 6.31. The third-order valence-corrected chi connectivity index (χ3v) is 6.73. The first kappa shape index (κ1) is 19.2. The van der Waals surface area contributed by atoms with Gasteiger partial charge in [0, 0.05) is 38.9 Å². The fourth-order valence-electron chi connectivity index (χ4n) is 5.15. The van der Waals surface area contributed by atoms with Gasteiger partial charge in [0.05, 0.1) is 17.4 Å². The molecule has 0 spiro atoms. The Labute approximate surface area is 203 Å². The average molecular weight is 470 g/mol. The van der Waals surface area contributed by atoms with Crippen molar-refractivity contribution in [2.24, 2.45) is 0 Å². The van der Waals surface area contributed by atoms with E-state index in [0.29, 0.717) is 0 Å². The molecule has 3 aromatic heterocycles. The minimum Gasteiger partial charge on any atom is -0.447 e. The molecule has 8 heteroatoms. The third kappa shape index (κ3) is 2.72. The van der Waals surface area contributed by atoms with Crippen LogP contribution < -0.4 is 9.47 Å². The van der Waals surface area contributed by atoms with Crippen LogP contribution in [0.15, 0.2) is 85.2 Å². The number of hydrogen-bond donors (Lipinski definition) is 3. The minimum absolute atomic E-state index is 0.633. The summed E-state index contributed by atoms with van der Waals surface area (Å²) in [5.74, 6) is 1.44. The van der Waals surface area contributed by atoms with E-state index in [1.54, 1.807) is 6.33 Å². The molecule has 0 fully saturated rings. The van der Waals surface area contributed by atoms with Crippen molar-refractivity contribution in [2.45, 2.75) is 6.29 Å². The summed E-state index contributed by atoms with van der Waals surface area (Å²) in [5, 5.41) is 12.7. The highest BCUT2D eigenvalue weighted by molar-refractivity contribution is 6.08. The summed E-state index contributed by atoms with van der Waals surface area (Å²) in [6, 6.07) is 26.1. The van der Waals surface area contributed by atoms with Crippen LogP contribution in [0.2, 0.25) is 0 Å². The fourth-order valence-corrected chi connectivity index (χ4v) is 5.15. The number of para-hydroxylation sites is 4. The lowest BCUT2D eigenvalue weighted by molar-refractivity contribution is 0.0493. The Morgan fingerprint density at radius 3 is 2.42 bits per heavy atom. The van der Waals surface area contributed by atoms with Crippen molar-refractivity contribution in [2.75, 3.05) is 0 Å². The average Bonchev–Trinajstić information content (AvgIpc) is 3.71. The summed E-state index contributed by atoms with van der Waals surface area (Å²) in [6.07, 6.45) is 1.08. The molecular weight excluding hydrogens is 452 g/mol. The normalized spacial score (nSPS) is 13.3. The summed E-state index contributed by atoms with van der Waals surface area (Å²) in [6.45, 7) is 0. The van der Waals surface area contributed by atoms with Crippen molar-refractivity contribution < 1.29 is 9.47 Å². The van der Waals surface area contributed by atoms with E-state index in [4.69, 9.17) is 14.5 Å². The topological polar surface area (TPSA) is 105 Å². The Bertz CT molecular complexity index is 1870. The number of benzene rings is 4. The summed E-state index contributed by atoms with van der Waals surface area (Å²) in [5.41, 5.74) is 8.92. The molecule has 0 bridgehead atoms. The van der Waals surface area contributed by atoms with Gasteiger partial charge in [-0.15, -0.1) is 0 Å². The number of nitrogens with one attached hydrogen (secondary N) is 3. The van der Waals surface area contributed by atoms with E-state index in [9.17, 15) is 0 Å². The summed E-state index contributed by atoms with van der Waals surface area (Å²) in [7, 11) is 0. The first-order valence-electron chi connectivity index (χ1n) is 11.6. The molecule has 1 aliphatic rings. The highest BCUT2D eigenvalue weighted by Gasteiger charge is 2.32. The Hall–Kier alpha value is -5.11. The molecular formula is C28H18N6O2. The Morgan fingerprint density at radius 2 is 1.56 bits per heavy atom. The Morgan fingerprint density at radius 1 is 0.722 bits per heavy atom. The van der Waals surface area contributed by atoms with Crippen LogP contribution in [0.3, 0.4) is 0 Å². The van der Waals surface area contributed by atoms with Gasteiger partial charge in [0.15, 0.2) is 11.5 Å². The van der Waals surface area contributed by atoms with Crippen LogP contribution in [-0.4, -0.2) is 30.4 Å². The molecule has 36 heavy (non-hydrogen) atoms. The van der Waals surface area contributed by atoms with E-state index in [0.717, 1.165) is 72.4 Å². The molecule has 0 unspecified atom stereocenters. The smallest absolute Gasteiger partial charge is 0.268 e. The van der Waals surface area contributed by atoms with Crippen molar-refractivity contribution >= 4 is 33.0 Å². The zero-order valence-corrected chi connectivity index (χ0v) is 18.8. The number of ether oxygens (including phenoxy) is 2. The van der Waals surface area contributed by atoms with Crippen molar-refractivity contribution in [3.8, 4) is 33.9 Å². The molecule has 4 aromatic carbocycles. The van der Waals surface area contributed by atoms with Gasteiger partial charge in [-0.3, -0.25) is 0 Å². The zero-order chi connectivity index (χ0) is 23.6. The molecule has 1 aliphatic heterocycles. The number of aromatic nitrogens is 6. The summed E-state index contributed by atoms with van der Waals surface area (Å²) >= 11 is 0. The second kappa shape index (κ2) is 7.19. The van der Waals surface area contributed by atoms with Gasteiger partial charge in [0.2, 0.25) is 0 Å². The number of H-pyrrole nitrogens is 3. The predicted molar refractivity (Wildman–Crippen MR) is 137 cm³/mol. The first-order chi connectivity index (χ1) is 17.8. The van der Waals surface area contributed by atoms with Gasteiger partial charge >= 0.3 is 0 Å². The Kier molecular flexibility index (Phi) is 3.84. The molecule has 4 heterocycles. The van der Waals surface area contributed by atoms with Crippen molar-refractivity contribution in [1.29, 1.82) is 0 Å². The number of rotatable bonds is 3. The minimum atomic E-state index is -0.633. The van der Waals surface area contributed by atoms with Gasteiger partial charge < -0.3 is 19.4 Å². The van der Waals surface area contributed by atoms with Crippen molar-refractivity contribution in [3.05, 3.63) is 90.8 Å². The maximum absolute atomic E-state index is 6.31. The Balaban J connectivity index is 1.48. The van der Waals surface area contributed by atoms with E-state index in [-0.39, 0.29) is 0 Å².